The van der Waals surface area contributed by atoms with Crippen molar-refractivity contribution in [3.05, 3.63) is 59.7 Å². The van der Waals surface area contributed by atoms with Gasteiger partial charge in [-0.25, -0.2) is 4.39 Å². The molecule has 0 spiro atoms. The van der Waals surface area contributed by atoms with Gasteiger partial charge in [0.25, 0.3) is 5.91 Å². The Morgan fingerprint density at radius 1 is 1.27 bits per heavy atom. The van der Waals surface area contributed by atoms with Crippen LogP contribution in [0.25, 0.3) is 0 Å². The first kappa shape index (κ1) is 18.4. The third-order valence-corrected chi connectivity index (χ3v) is 5.04. The number of hydrogen-bond donors (Lipinski definition) is 1. The number of ether oxygens (including phenoxy) is 1. The second-order valence-electron chi connectivity index (χ2n) is 7.26. The second-order valence-corrected chi connectivity index (χ2v) is 7.26. The lowest BCUT2D eigenvalue weighted by molar-refractivity contribution is 0.0898. The van der Waals surface area contributed by atoms with Crippen molar-refractivity contribution in [1.82, 2.24) is 10.3 Å². The van der Waals surface area contributed by atoms with E-state index in [-0.39, 0.29) is 24.4 Å². The lowest BCUT2D eigenvalue weighted by Gasteiger charge is -2.33. The molecule has 4 nitrogen and oxygen atoms in total. The van der Waals surface area contributed by atoms with Crippen molar-refractivity contribution < 1.29 is 13.9 Å². The molecule has 2 aromatic rings. The number of carbonyl (C=O) groups is 1. The van der Waals surface area contributed by atoms with Gasteiger partial charge in [-0.1, -0.05) is 26.3 Å². The topological polar surface area (TPSA) is 51.2 Å². The van der Waals surface area contributed by atoms with Gasteiger partial charge in [0.05, 0.1) is 11.3 Å². The van der Waals surface area contributed by atoms with E-state index >= 15 is 0 Å². The van der Waals surface area contributed by atoms with Crippen molar-refractivity contribution in [1.29, 1.82) is 0 Å². The standard InChI is InChI=1S/C21H25FN2O2/c1-14-6-7-15(2)20(10-14)24-21(25)16-8-9-18(23-12-16)13-26-19-5-3-4-17(22)11-19/h3-5,8-9,11-12,14-15,20H,6-7,10,13H2,1-2H3,(H,24,25)/t14-,15+,20-/m0/s1. The normalized spacial score (nSPS) is 22.7. The van der Waals surface area contributed by atoms with Crippen LogP contribution in [-0.4, -0.2) is 16.9 Å². The third-order valence-electron chi connectivity index (χ3n) is 5.04. The fourth-order valence-corrected chi connectivity index (χ4v) is 3.34. The van der Waals surface area contributed by atoms with Crippen molar-refractivity contribution in [2.24, 2.45) is 11.8 Å². The van der Waals surface area contributed by atoms with Crippen molar-refractivity contribution in [2.45, 2.75) is 45.8 Å². The van der Waals surface area contributed by atoms with Crippen LogP contribution in [-0.2, 0) is 6.61 Å². The summed E-state index contributed by atoms with van der Waals surface area (Å²) in [6.45, 7) is 4.66. The van der Waals surface area contributed by atoms with Crippen LogP contribution in [0.15, 0.2) is 42.6 Å². The summed E-state index contributed by atoms with van der Waals surface area (Å²) in [5.41, 5.74) is 1.23. The minimum atomic E-state index is -0.339. The SMILES string of the molecule is C[C@H]1CC[C@@H](C)[C@@H](NC(=O)c2ccc(COc3cccc(F)c3)nc2)C1. The molecule has 1 aromatic heterocycles. The zero-order valence-electron chi connectivity index (χ0n) is 15.2. The lowest BCUT2D eigenvalue weighted by atomic mass is 9.80. The highest BCUT2D eigenvalue weighted by Crippen LogP contribution is 2.28. The Labute approximate surface area is 153 Å². The van der Waals surface area contributed by atoms with E-state index in [2.05, 4.69) is 24.1 Å². The van der Waals surface area contributed by atoms with E-state index in [1.54, 1.807) is 30.5 Å². The minimum Gasteiger partial charge on any atom is -0.487 e. The molecule has 138 valence electrons. The van der Waals surface area contributed by atoms with Gasteiger partial charge in [0.15, 0.2) is 0 Å². The third kappa shape index (κ3) is 4.81. The van der Waals surface area contributed by atoms with Gasteiger partial charge in [-0.3, -0.25) is 9.78 Å². The van der Waals surface area contributed by atoms with E-state index in [0.717, 1.165) is 12.8 Å². The number of nitrogens with one attached hydrogen (secondary N) is 1. The van der Waals surface area contributed by atoms with Crippen LogP contribution in [0.2, 0.25) is 0 Å². The summed E-state index contributed by atoms with van der Waals surface area (Å²) in [5, 5.41) is 3.15. The van der Waals surface area contributed by atoms with Crippen LogP contribution in [0, 0.1) is 17.7 Å². The smallest absolute Gasteiger partial charge is 0.253 e. The van der Waals surface area contributed by atoms with Gasteiger partial charge in [-0.05, 0) is 48.9 Å². The molecule has 5 heteroatoms. The van der Waals surface area contributed by atoms with E-state index in [1.807, 2.05) is 0 Å². The van der Waals surface area contributed by atoms with Gasteiger partial charge in [-0.15, -0.1) is 0 Å². The molecule has 1 N–H and O–H groups in total. The van der Waals surface area contributed by atoms with E-state index < -0.39 is 0 Å². The van der Waals surface area contributed by atoms with E-state index in [4.69, 9.17) is 4.74 Å². The first-order chi connectivity index (χ1) is 12.5. The molecule has 26 heavy (non-hydrogen) atoms. The summed E-state index contributed by atoms with van der Waals surface area (Å²) in [6.07, 6.45) is 4.98. The van der Waals surface area contributed by atoms with Gasteiger partial charge in [0, 0.05) is 18.3 Å². The van der Waals surface area contributed by atoms with Gasteiger partial charge in [0.1, 0.15) is 18.2 Å². The Hall–Kier alpha value is -2.43. The van der Waals surface area contributed by atoms with Crippen molar-refractivity contribution >= 4 is 5.91 Å². The zero-order chi connectivity index (χ0) is 18.5. The molecule has 1 saturated carbocycles. The molecular formula is C21H25FN2O2. The van der Waals surface area contributed by atoms with E-state index in [1.165, 1.54) is 18.6 Å². The number of halogens is 1. The average Bonchev–Trinajstić information content (AvgIpc) is 2.63. The van der Waals surface area contributed by atoms with Crippen LogP contribution in [0.4, 0.5) is 4.39 Å². The lowest BCUT2D eigenvalue weighted by Crippen LogP contribution is -2.42. The van der Waals surface area contributed by atoms with Gasteiger partial charge in [-0.2, -0.15) is 0 Å². The summed E-state index contributed by atoms with van der Waals surface area (Å²) in [6, 6.07) is 9.73. The number of benzene rings is 1. The number of aromatic nitrogens is 1. The monoisotopic (exact) mass is 356 g/mol. The van der Waals surface area contributed by atoms with Gasteiger partial charge < -0.3 is 10.1 Å². The molecule has 0 unspecified atom stereocenters. The first-order valence-electron chi connectivity index (χ1n) is 9.15. The molecule has 3 atom stereocenters. The molecule has 0 aliphatic heterocycles. The highest BCUT2D eigenvalue weighted by Gasteiger charge is 2.27. The van der Waals surface area contributed by atoms with E-state index in [0.29, 0.717) is 28.8 Å². The predicted octanol–water partition coefficient (Wildman–Crippen LogP) is 4.35. The second kappa shape index (κ2) is 8.30. The molecule has 1 fully saturated rings. The molecular weight excluding hydrogens is 331 g/mol. The van der Waals surface area contributed by atoms with E-state index in [9.17, 15) is 9.18 Å². The Morgan fingerprint density at radius 3 is 2.85 bits per heavy atom. The van der Waals surface area contributed by atoms with Crippen LogP contribution < -0.4 is 10.1 Å². The average molecular weight is 356 g/mol. The zero-order valence-corrected chi connectivity index (χ0v) is 15.2. The molecule has 1 aliphatic carbocycles. The Morgan fingerprint density at radius 2 is 2.12 bits per heavy atom. The van der Waals surface area contributed by atoms with Crippen molar-refractivity contribution in [3.8, 4) is 5.75 Å². The summed E-state index contributed by atoms with van der Waals surface area (Å²) in [5.74, 6) is 1.18. The molecule has 0 bridgehead atoms. The highest BCUT2D eigenvalue weighted by molar-refractivity contribution is 5.94. The summed E-state index contributed by atoms with van der Waals surface area (Å²) >= 11 is 0. The summed E-state index contributed by atoms with van der Waals surface area (Å²) in [7, 11) is 0. The van der Waals surface area contributed by atoms with Gasteiger partial charge in [0.2, 0.25) is 0 Å². The summed E-state index contributed by atoms with van der Waals surface area (Å²) < 4.78 is 18.7. The highest BCUT2D eigenvalue weighted by atomic mass is 19.1. The first-order valence-corrected chi connectivity index (χ1v) is 9.15. The quantitative estimate of drug-likeness (QED) is 0.866. The van der Waals surface area contributed by atoms with Crippen molar-refractivity contribution in [2.75, 3.05) is 0 Å². The molecule has 1 aliphatic rings. The largest absolute Gasteiger partial charge is 0.487 e. The number of hydrogen-bond acceptors (Lipinski definition) is 3. The predicted molar refractivity (Wildman–Crippen MR) is 98.4 cm³/mol. The molecule has 1 heterocycles. The molecule has 1 amide bonds. The maximum atomic E-state index is 13.1. The molecule has 0 saturated heterocycles. The fourth-order valence-electron chi connectivity index (χ4n) is 3.34. The Bertz CT molecular complexity index is 748. The number of nitrogens with zero attached hydrogens (tertiary/aromatic N) is 1. The molecule has 3 rings (SSSR count). The number of rotatable bonds is 5. The van der Waals surface area contributed by atoms with Crippen LogP contribution in [0.1, 0.15) is 49.2 Å². The number of carbonyl (C=O) groups excluding carboxylic acids is 1. The number of pyridine rings is 1. The molecule has 0 radical (unpaired) electrons. The van der Waals surface area contributed by atoms with Gasteiger partial charge >= 0.3 is 0 Å². The van der Waals surface area contributed by atoms with Crippen LogP contribution in [0.3, 0.4) is 0 Å². The fraction of sp³-hybridized carbons (Fsp3) is 0.429. The number of amides is 1. The minimum absolute atomic E-state index is 0.0824. The molecule has 1 aromatic carbocycles. The van der Waals surface area contributed by atoms with Crippen LogP contribution in [0.5, 0.6) is 5.75 Å². The summed E-state index contributed by atoms with van der Waals surface area (Å²) in [4.78, 5) is 16.8. The van der Waals surface area contributed by atoms with Crippen LogP contribution >= 0.6 is 0 Å². The Balaban J connectivity index is 1.55. The maximum absolute atomic E-state index is 13.1. The Kier molecular flexibility index (Phi) is 5.86. The van der Waals surface area contributed by atoms with Crippen molar-refractivity contribution in [3.63, 3.8) is 0 Å². The maximum Gasteiger partial charge on any atom is 0.253 e.